The van der Waals surface area contributed by atoms with Crippen molar-refractivity contribution in [2.45, 2.75) is 12.1 Å². The van der Waals surface area contributed by atoms with E-state index in [1.54, 1.807) is 49.5 Å². The highest BCUT2D eigenvalue weighted by Gasteiger charge is 2.37. The second-order valence-electron chi connectivity index (χ2n) is 6.53. The van der Waals surface area contributed by atoms with Crippen molar-refractivity contribution in [2.75, 3.05) is 41.1 Å². The first-order valence-electron chi connectivity index (χ1n) is 9.12. The maximum Gasteiger partial charge on any atom is 0.254 e. The van der Waals surface area contributed by atoms with Crippen LogP contribution in [0.2, 0.25) is 5.02 Å². The Morgan fingerprint density at radius 2 is 1.90 bits per heavy atom. The molecule has 1 N–H and O–H groups in total. The van der Waals surface area contributed by atoms with Crippen LogP contribution in [0.5, 0.6) is 17.2 Å². The molecule has 0 unspecified atom stereocenters. The number of rotatable bonds is 6. The zero-order valence-corrected chi connectivity index (χ0v) is 17.3. The van der Waals surface area contributed by atoms with Crippen LogP contribution < -0.4 is 14.2 Å². The van der Waals surface area contributed by atoms with E-state index in [1.807, 2.05) is 6.07 Å². The fraction of sp³-hybridized carbons (Fsp3) is 0.381. The lowest BCUT2D eigenvalue weighted by molar-refractivity contribution is -0.0811. The summed E-state index contributed by atoms with van der Waals surface area (Å²) in [5.41, 5.74) is 1.17. The second kappa shape index (κ2) is 9.35. The average Bonchev–Trinajstić information content (AvgIpc) is 2.76. The molecule has 2 atom stereocenters. The summed E-state index contributed by atoms with van der Waals surface area (Å²) < 4.78 is 21.7. The minimum atomic E-state index is -0.577. The SMILES string of the molecule is COc1cc(Cl)cc(C(=O)N2CCO[C@H](CO)[C@H]2c2ccc(OC)c(OC)c2)c1. The van der Waals surface area contributed by atoms with Gasteiger partial charge in [0.05, 0.1) is 40.6 Å². The van der Waals surface area contributed by atoms with Crippen molar-refractivity contribution in [3.63, 3.8) is 0 Å². The molecule has 0 spiro atoms. The lowest BCUT2D eigenvalue weighted by Crippen LogP contribution is -2.49. The second-order valence-corrected chi connectivity index (χ2v) is 6.97. The number of benzene rings is 2. The molecule has 1 aliphatic rings. The smallest absolute Gasteiger partial charge is 0.254 e. The summed E-state index contributed by atoms with van der Waals surface area (Å²) in [4.78, 5) is 15.0. The first-order valence-corrected chi connectivity index (χ1v) is 9.50. The molecular weight excluding hydrogens is 398 g/mol. The van der Waals surface area contributed by atoms with E-state index in [2.05, 4.69) is 0 Å². The van der Waals surface area contributed by atoms with Gasteiger partial charge >= 0.3 is 0 Å². The van der Waals surface area contributed by atoms with E-state index in [0.29, 0.717) is 41.0 Å². The van der Waals surface area contributed by atoms with Crippen molar-refractivity contribution < 1.29 is 28.8 Å². The van der Waals surface area contributed by atoms with Gasteiger partial charge in [0.2, 0.25) is 0 Å². The summed E-state index contributed by atoms with van der Waals surface area (Å²) in [5.74, 6) is 1.37. The molecule has 1 saturated heterocycles. The van der Waals surface area contributed by atoms with E-state index < -0.39 is 12.1 Å². The predicted molar refractivity (Wildman–Crippen MR) is 108 cm³/mol. The zero-order valence-electron chi connectivity index (χ0n) is 16.6. The summed E-state index contributed by atoms with van der Waals surface area (Å²) in [6, 6.07) is 9.76. The van der Waals surface area contributed by atoms with Crippen molar-refractivity contribution in [1.82, 2.24) is 4.90 Å². The number of nitrogens with zero attached hydrogens (tertiary/aromatic N) is 1. The highest BCUT2D eigenvalue weighted by atomic mass is 35.5. The Morgan fingerprint density at radius 1 is 1.14 bits per heavy atom. The van der Waals surface area contributed by atoms with Crippen LogP contribution >= 0.6 is 11.6 Å². The van der Waals surface area contributed by atoms with Gasteiger partial charge in [0.1, 0.15) is 11.9 Å². The molecule has 2 aromatic rings. The van der Waals surface area contributed by atoms with E-state index in [-0.39, 0.29) is 12.5 Å². The number of aliphatic hydroxyl groups is 1. The maximum atomic E-state index is 13.4. The molecular formula is C21H24ClNO6. The van der Waals surface area contributed by atoms with E-state index in [4.69, 9.17) is 30.5 Å². The largest absolute Gasteiger partial charge is 0.497 e. The Hall–Kier alpha value is -2.48. The molecule has 1 heterocycles. The lowest BCUT2D eigenvalue weighted by atomic mass is 9.96. The van der Waals surface area contributed by atoms with Crippen LogP contribution in [0.1, 0.15) is 22.0 Å². The Kier molecular flexibility index (Phi) is 6.84. The Morgan fingerprint density at radius 3 is 2.55 bits per heavy atom. The minimum Gasteiger partial charge on any atom is -0.497 e. The fourth-order valence-electron chi connectivity index (χ4n) is 3.52. The monoisotopic (exact) mass is 421 g/mol. The first-order chi connectivity index (χ1) is 14.0. The van der Waals surface area contributed by atoms with Crippen molar-refractivity contribution in [3.05, 3.63) is 52.5 Å². The molecule has 1 amide bonds. The Balaban J connectivity index is 2.02. The van der Waals surface area contributed by atoms with Gasteiger partial charge in [0.25, 0.3) is 5.91 Å². The lowest BCUT2D eigenvalue weighted by Gasteiger charge is -2.41. The van der Waals surface area contributed by atoms with Crippen LogP contribution in [-0.4, -0.2) is 63.1 Å². The van der Waals surface area contributed by atoms with E-state index in [1.165, 1.54) is 7.11 Å². The molecule has 0 saturated carbocycles. The zero-order chi connectivity index (χ0) is 21.0. The van der Waals surface area contributed by atoms with Gasteiger partial charge in [-0.05, 0) is 35.9 Å². The standard InChI is InChI=1S/C21H24ClNO6/c1-26-16-9-14(8-15(22)11-16)21(25)23-6-7-29-19(12-24)20(23)13-4-5-17(27-2)18(10-13)28-3/h4-5,8-11,19-20,24H,6-7,12H2,1-3H3/t19-,20-/m1/s1. The Labute approximate surface area is 174 Å². The predicted octanol–water partition coefficient (Wildman–Crippen LogP) is 2.94. The molecule has 0 radical (unpaired) electrons. The molecule has 1 aliphatic heterocycles. The van der Waals surface area contributed by atoms with Crippen molar-refractivity contribution in [3.8, 4) is 17.2 Å². The number of hydrogen-bond donors (Lipinski definition) is 1. The molecule has 8 heteroatoms. The maximum absolute atomic E-state index is 13.4. The van der Waals surface area contributed by atoms with Gasteiger partial charge in [-0.15, -0.1) is 0 Å². The van der Waals surface area contributed by atoms with Crippen LogP contribution in [0.15, 0.2) is 36.4 Å². The summed E-state index contributed by atoms with van der Waals surface area (Å²) in [6.07, 6.45) is -0.577. The van der Waals surface area contributed by atoms with Gasteiger partial charge in [-0.25, -0.2) is 0 Å². The highest BCUT2D eigenvalue weighted by molar-refractivity contribution is 6.31. The highest BCUT2D eigenvalue weighted by Crippen LogP contribution is 2.36. The van der Waals surface area contributed by atoms with Gasteiger partial charge in [-0.2, -0.15) is 0 Å². The summed E-state index contributed by atoms with van der Waals surface area (Å²) in [6.45, 7) is 0.448. The van der Waals surface area contributed by atoms with Gasteiger partial charge < -0.3 is 29.0 Å². The number of methoxy groups -OCH3 is 3. The number of ether oxygens (including phenoxy) is 4. The number of morpholine rings is 1. The van der Waals surface area contributed by atoms with Crippen molar-refractivity contribution >= 4 is 17.5 Å². The van der Waals surface area contributed by atoms with E-state index >= 15 is 0 Å². The van der Waals surface area contributed by atoms with Gasteiger partial charge in [-0.3, -0.25) is 4.79 Å². The molecule has 3 rings (SSSR count). The van der Waals surface area contributed by atoms with Crippen LogP contribution in [0.4, 0.5) is 0 Å². The molecule has 0 bridgehead atoms. The topological polar surface area (TPSA) is 77.5 Å². The molecule has 0 aromatic heterocycles. The third-order valence-corrected chi connectivity index (χ3v) is 5.11. The molecule has 7 nitrogen and oxygen atoms in total. The fourth-order valence-corrected chi connectivity index (χ4v) is 3.74. The Bertz CT molecular complexity index is 874. The number of carbonyl (C=O) groups is 1. The summed E-state index contributed by atoms with van der Waals surface area (Å²) in [5, 5.41) is 10.3. The van der Waals surface area contributed by atoms with E-state index in [9.17, 15) is 9.90 Å². The van der Waals surface area contributed by atoms with E-state index in [0.717, 1.165) is 5.56 Å². The van der Waals surface area contributed by atoms with Crippen LogP contribution in [0.25, 0.3) is 0 Å². The molecule has 156 valence electrons. The normalized spacial score (nSPS) is 19.0. The molecule has 0 aliphatic carbocycles. The van der Waals surface area contributed by atoms with Gasteiger partial charge in [-0.1, -0.05) is 17.7 Å². The van der Waals surface area contributed by atoms with Gasteiger partial charge in [0, 0.05) is 17.1 Å². The summed E-state index contributed by atoms with van der Waals surface area (Å²) in [7, 11) is 4.62. The third-order valence-electron chi connectivity index (χ3n) is 4.90. The number of amides is 1. The number of hydrogen-bond acceptors (Lipinski definition) is 6. The van der Waals surface area contributed by atoms with Gasteiger partial charge in [0.15, 0.2) is 11.5 Å². The molecule has 1 fully saturated rings. The molecule has 29 heavy (non-hydrogen) atoms. The average molecular weight is 422 g/mol. The molecule has 2 aromatic carbocycles. The number of carbonyl (C=O) groups excluding carboxylic acids is 1. The minimum absolute atomic E-state index is 0.229. The number of aliphatic hydroxyl groups excluding tert-OH is 1. The summed E-state index contributed by atoms with van der Waals surface area (Å²) >= 11 is 6.15. The van der Waals surface area contributed by atoms with Crippen LogP contribution in [0.3, 0.4) is 0 Å². The van der Waals surface area contributed by atoms with Crippen LogP contribution in [-0.2, 0) is 4.74 Å². The van der Waals surface area contributed by atoms with Crippen LogP contribution in [0, 0.1) is 0 Å². The number of halogens is 1. The first kappa shape index (κ1) is 21.2. The van der Waals surface area contributed by atoms with Crippen molar-refractivity contribution in [2.24, 2.45) is 0 Å². The van der Waals surface area contributed by atoms with Crippen molar-refractivity contribution in [1.29, 1.82) is 0 Å². The third kappa shape index (κ3) is 4.42. The quantitative estimate of drug-likeness (QED) is 0.772.